The Morgan fingerprint density at radius 2 is 1.63 bits per heavy atom. The van der Waals surface area contributed by atoms with Crippen LogP contribution in [0.25, 0.3) is 0 Å². The van der Waals surface area contributed by atoms with E-state index in [1.807, 2.05) is 27.7 Å². The van der Waals surface area contributed by atoms with Crippen molar-refractivity contribution in [1.29, 1.82) is 0 Å². The minimum Gasteiger partial charge on any atom is -0.399 e. The molecule has 0 spiro atoms. The molecule has 104 valence electrons. The Morgan fingerprint density at radius 3 is 2.11 bits per heavy atom. The van der Waals surface area contributed by atoms with Crippen LogP contribution in [0.1, 0.15) is 46.3 Å². The van der Waals surface area contributed by atoms with Crippen LogP contribution in [-0.2, 0) is 9.31 Å². The molecule has 1 aromatic rings. The average molecular weight is 266 g/mol. The Morgan fingerprint density at radius 1 is 1.11 bits per heavy atom. The first-order chi connectivity index (χ1) is 8.62. The maximum Gasteiger partial charge on any atom is 0.494 e. The topological polar surface area (TPSA) is 38.7 Å². The maximum atomic E-state index is 13.6. The van der Waals surface area contributed by atoms with Gasteiger partial charge in [-0.2, -0.15) is 0 Å². The van der Waals surface area contributed by atoms with Gasteiger partial charge < -0.3 is 14.4 Å². The lowest BCUT2D eigenvalue weighted by molar-refractivity contribution is 0.00578. The lowest BCUT2D eigenvalue weighted by atomic mass is 9.78. The van der Waals surface area contributed by atoms with Crippen molar-refractivity contribution in [1.82, 2.24) is 0 Å². The first kappa shape index (κ1) is 14.5. The molecule has 1 unspecified atom stereocenters. The minimum atomic E-state index is -0.725. The predicted molar refractivity (Wildman–Crippen MR) is 72.7 cm³/mol. The summed E-state index contributed by atoms with van der Waals surface area (Å²) in [6.45, 7) is 9.39. The third-order valence-corrected chi connectivity index (χ3v) is 3.95. The molecule has 1 fully saturated rings. The minimum absolute atomic E-state index is 0.400. The number of rotatable bonds is 2. The number of hydrogen-bond donors (Lipinski definition) is 1. The van der Waals surface area contributed by atoms with Crippen LogP contribution in [0.4, 0.5) is 4.39 Å². The molecule has 2 rings (SSSR count). The molecule has 0 aliphatic carbocycles. The van der Waals surface area contributed by atoms with Crippen molar-refractivity contribution in [3.63, 3.8) is 0 Å². The third-order valence-electron chi connectivity index (χ3n) is 3.95. The molecule has 19 heavy (non-hydrogen) atoms. The first-order valence-corrected chi connectivity index (χ1v) is 6.46. The van der Waals surface area contributed by atoms with Gasteiger partial charge in [0, 0.05) is 0 Å². The normalized spacial score (nSPS) is 22.6. The summed E-state index contributed by atoms with van der Waals surface area (Å²) in [4.78, 5) is 0. The quantitative estimate of drug-likeness (QED) is 0.834. The van der Waals surface area contributed by atoms with E-state index in [-0.39, 0.29) is 0 Å². The Bertz CT molecular complexity index is 470. The fraction of sp³-hybridized carbons (Fsp3) is 0.571. The molecular weight excluding hydrogens is 246 g/mol. The highest BCUT2D eigenvalue weighted by molar-refractivity contribution is 6.62. The standard InChI is InChI=1S/C14H20BFO3/c1-9(17)10-6-11(8-12(16)7-10)15-18-13(2,3)14(4,5)19-15/h6-9,17H,1-5H3. The van der Waals surface area contributed by atoms with Gasteiger partial charge in [0.2, 0.25) is 0 Å². The molecular formula is C14H20BFO3. The fourth-order valence-corrected chi connectivity index (χ4v) is 1.99. The largest absolute Gasteiger partial charge is 0.494 e. The van der Waals surface area contributed by atoms with Crippen molar-refractivity contribution >= 4 is 12.6 Å². The summed E-state index contributed by atoms with van der Waals surface area (Å²) < 4.78 is 25.3. The zero-order valence-corrected chi connectivity index (χ0v) is 12.0. The fourth-order valence-electron chi connectivity index (χ4n) is 1.99. The van der Waals surface area contributed by atoms with E-state index in [4.69, 9.17) is 9.31 Å². The van der Waals surface area contributed by atoms with Gasteiger partial charge in [-0.1, -0.05) is 6.07 Å². The van der Waals surface area contributed by atoms with Crippen LogP contribution in [0.2, 0.25) is 0 Å². The van der Waals surface area contributed by atoms with E-state index >= 15 is 0 Å². The molecule has 0 radical (unpaired) electrons. The van der Waals surface area contributed by atoms with Gasteiger partial charge in [0.15, 0.2) is 0 Å². The average Bonchev–Trinajstić information content (AvgIpc) is 2.47. The molecule has 0 aromatic heterocycles. The smallest absolute Gasteiger partial charge is 0.399 e. The van der Waals surface area contributed by atoms with Gasteiger partial charge in [-0.3, -0.25) is 0 Å². The summed E-state index contributed by atoms with van der Waals surface area (Å²) in [5.41, 5.74) is 0.184. The highest BCUT2D eigenvalue weighted by Gasteiger charge is 2.51. The molecule has 0 bridgehead atoms. The molecule has 0 amide bonds. The van der Waals surface area contributed by atoms with E-state index in [0.717, 1.165) is 0 Å². The zero-order chi connectivity index (χ0) is 14.4. The van der Waals surface area contributed by atoms with Crippen molar-refractivity contribution in [2.24, 2.45) is 0 Å². The number of aliphatic hydroxyl groups excluding tert-OH is 1. The van der Waals surface area contributed by atoms with Gasteiger partial charge >= 0.3 is 7.12 Å². The molecule has 3 nitrogen and oxygen atoms in total. The summed E-state index contributed by atoms with van der Waals surface area (Å²) >= 11 is 0. The van der Waals surface area contributed by atoms with E-state index < -0.39 is 30.2 Å². The highest BCUT2D eigenvalue weighted by atomic mass is 19.1. The zero-order valence-electron chi connectivity index (χ0n) is 12.0. The van der Waals surface area contributed by atoms with Crippen molar-refractivity contribution in [3.8, 4) is 0 Å². The van der Waals surface area contributed by atoms with E-state index in [9.17, 15) is 9.50 Å². The van der Waals surface area contributed by atoms with Gasteiger partial charge in [0.05, 0.1) is 17.3 Å². The second kappa shape index (κ2) is 4.58. The van der Waals surface area contributed by atoms with Crippen LogP contribution in [-0.4, -0.2) is 23.4 Å². The van der Waals surface area contributed by atoms with Crippen LogP contribution >= 0.6 is 0 Å². The number of halogens is 1. The molecule has 1 aliphatic rings. The van der Waals surface area contributed by atoms with Gasteiger partial charge in [-0.15, -0.1) is 0 Å². The molecule has 1 atom stereocenters. The summed E-state index contributed by atoms with van der Waals surface area (Å²) in [7, 11) is -0.613. The van der Waals surface area contributed by atoms with Gasteiger partial charge in [0.1, 0.15) is 5.82 Å². The maximum absolute atomic E-state index is 13.6. The van der Waals surface area contributed by atoms with Crippen LogP contribution in [0.5, 0.6) is 0 Å². The Balaban J connectivity index is 2.34. The van der Waals surface area contributed by atoms with Crippen LogP contribution in [0.3, 0.4) is 0 Å². The summed E-state index contributed by atoms with van der Waals surface area (Å²) in [5, 5.41) is 9.57. The molecule has 1 saturated heterocycles. The van der Waals surface area contributed by atoms with Crippen molar-refractivity contribution in [2.45, 2.75) is 51.9 Å². The van der Waals surface area contributed by atoms with E-state index in [1.54, 1.807) is 13.0 Å². The van der Waals surface area contributed by atoms with Crippen LogP contribution < -0.4 is 5.46 Å². The number of aliphatic hydroxyl groups is 1. The van der Waals surface area contributed by atoms with Crippen molar-refractivity contribution < 1.29 is 18.8 Å². The Kier molecular flexibility index (Phi) is 3.50. The van der Waals surface area contributed by atoms with E-state index in [0.29, 0.717) is 11.0 Å². The lowest BCUT2D eigenvalue weighted by Crippen LogP contribution is -2.41. The van der Waals surface area contributed by atoms with Crippen molar-refractivity contribution in [2.75, 3.05) is 0 Å². The molecule has 0 saturated carbocycles. The van der Waals surface area contributed by atoms with Gasteiger partial charge in [-0.05, 0) is 57.8 Å². The molecule has 1 aliphatic heterocycles. The van der Waals surface area contributed by atoms with Gasteiger partial charge in [0.25, 0.3) is 0 Å². The third kappa shape index (κ3) is 2.68. The SMILES string of the molecule is CC(O)c1cc(F)cc(B2OC(C)(C)C(C)(C)O2)c1. The molecule has 1 N–H and O–H groups in total. The van der Waals surface area contributed by atoms with Gasteiger partial charge in [-0.25, -0.2) is 4.39 Å². The lowest BCUT2D eigenvalue weighted by Gasteiger charge is -2.32. The monoisotopic (exact) mass is 266 g/mol. The second-order valence-corrected chi connectivity index (χ2v) is 6.08. The highest BCUT2D eigenvalue weighted by Crippen LogP contribution is 2.36. The Labute approximate surface area is 113 Å². The number of benzene rings is 1. The van der Waals surface area contributed by atoms with E-state index in [1.165, 1.54) is 12.1 Å². The molecule has 5 heteroatoms. The second-order valence-electron chi connectivity index (χ2n) is 6.08. The molecule has 1 heterocycles. The number of hydrogen-bond acceptors (Lipinski definition) is 3. The van der Waals surface area contributed by atoms with Crippen molar-refractivity contribution in [3.05, 3.63) is 29.6 Å². The summed E-state index contributed by atoms with van der Waals surface area (Å²) in [6.07, 6.45) is -0.725. The Hall–Kier alpha value is -0.905. The van der Waals surface area contributed by atoms with Crippen LogP contribution in [0.15, 0.2) is 18.2 Å². The molecule has 1 aromatic carbocycles. The van der Waals surface area contributed by atoms with Crippen LogP contribution in [0, 0.1) is 5.82 Å². The first-order valence-electron chi connectivity index (χ1n) is 6.46. The summed E-state index contributed by atoms with van der Waals surface area (Å²) in [6, 6.07) is 4.42. The predicted octanol–water partition coefficient (Wildman–Crippen LogP) is 2.18. The summed E-state index contributed by atoms with van der Waals surface area (Å²) in [5.74, 6) is -0.400. The van der Waals surface area contributed by atoms with E-state index in [2.05, 4.69) is 0 Å².